The van der Waals surface area contributed by atoms with Gasteiger partial charge in [0, 0.05) is 44.7 Å². The van der Waals surface area contributed by atoms with Gasteiger partial charge in [0.15, 0.2) is 0 Å². The first kappa shape index (κ1) is 25.9. The minimum atomic E-state index is 0.492. The third-order valence-electron chi connectivity index (χ3n) is 9.87. The molecule has 2 heteroatoms. The molecule has 214 valence electrons. The number of para-hydroxylation sites is 2. The van der Waals surface area contributed by atoms with Crippen LogP contribution < -0.4 is 0 Å². The van der Waals surface area contributed by atoms with E-state index < -0.39 is 0 Å². The van der Waals surface area contributed by atoms with Crippen molar-refractivity contribution in [3.05, 3.63) is 126 Å². The van der Waals surface area contributed by atoms with E-state index in [1.54, 1.807) is 0 Å². The van der Waals surface area contributed by atoms with Gasteiger partial charge in [-0.15, -0.1) is 6.42 Å². The molecule has 2 nitrogen and oxygen atoms in total. The van der Waals surface area contributed by atoms with E-state index in [1.807, 2.05) is 0 Å². The summed E-state index contributed by atoms with van der Waals surface area (Å²) in [6.45, 7) is 3.64. The number of nitrogens with zero attached hydrogens (tertiary/aromatic N) is 2. The number of benzene rings is 6. The summed E-state index contributed by atoms with van der Waals surface area (Å²) in [4.78, 5) is 0. The van der Waals surface area contributed by atoms with Gasteiger partial charge in [-0.3, -0.25) is 0 Å². The monoisotopic (exact) mass is 576 g/mol. The van der Waals surface area contributed by atoms with Gasteiger partial charge in [-0.25, -0.2) is 0 Å². The van der Waals surface area contributed by atoms with E-state index in [9.17, 15) is 0 Å². The van der Waals surface area contributed by atoms with Gasteiger partial charge in [-0.05, 0) is 64.9 Å². The van der Waals surface area contributed by atoms with Crippen molar-refractivity contribution in [2.24, 2.45) is 0 Å². The Balaban J connectivity index is 1.66. The lowest BCUT2D eigenvalue weighted by atomic mass is 9.84. The molecule has 0 unspecified atom stereocenters. The first-order valence-corrected chi connectivity index (χ1v) is 16.0. The normalized spacial score (nSPS) is 12.9. The van der Waals surface area contributed by atoms with Gasteiger partial charge in [0.2, 0.25) is 0 Å². The number of rotatable bonds is 4. The Bertz CT molecular complexity index is 2560. The van der Waals surface area contributed by atoms with Crippen LogP contribution in [0.3, 0.4) is 0 Å². The van der Waals surface area contributed by atoms with Crippen molar-refractivity contribution in [2.75, 3.05) is 0 Å². The third kappa shape index (κ3) is 3.59. The minimum Gasteiger partial charge on any atom is -0.340 e. The van der Waals surface area contributed by atoms with Gasteiger partial charge in [-0.2, -0.15) is 0 Å². The largest absolute Gasteiger partial charge is 0.340 e. The molecule has 0 amide bonds. The van der Waals surface area contributed by atoms with Crippen LogP contribution in [0.4, 0.5) is 0 Å². The van der Waals surface area contributed by atoms with E-state index in [2.05, 4.69) is 143 Å². The second-order valence-electron chi connectivity index (χ2n) is 12.1. The van der Waals surface area contributed by atoms with E-state index in [0.717, 1.165) is 19.4 Å². The topological polar surface area (TPSA) is 9.86 Å². The van der Waals surface area contributed by atoms with Crippen LogP contribution in [-0.2, 0) is 19.5 Å². The average molecular weight is 577 g/mol. The van der Waals surface area contributed by atoms with Gasteiger partial charge in [0.1, 0.15) is 0 Å². The molecule has 0 saturated carbocycles. The molecule has 0 bridgehead atoms. The zero-order chi connectivity index (χ0) is 30.1. The average Bonchev–Trinajstić information content (AvgIpc) is 3.60. The highest BCUT2D eigenvalue weighted by Gasteiger charge is 2.29. The van der Waals surface area contributed by atoms with Crippen molar-refractivity contribution < 1.29 is 0 Å². The van der Waals surface area contributed by atoms with E-state index in [-0.39, 0.29) is 0 Å². The number of aryl methyl sites for hydroxylation is 2. The fraction of sp³-hybridized carbons (Fsp3) is 0.116. The highest BCUT2D eigenvalue weighted by atomic mass is 15.0. The highest BCUT2D eigenvalue weighted by Crippen LogP contribution is 2.52. The van der Waals surface area contributed by atoms with Crippen LogP contribution in [0.5, 0.6) is 0 Å². The minimum absolute atomic E-state index is 0.492. The number of hydrogen-bond acceptors (Lipinski definition) is 0. The lowest BCUT2D eigenvalue weighted by Crippen LogP contribution is -2.02. The van der Waals surface area contributed by atoms with Gasteiger partial charge < -0.3 is 9.13 Å². The van der Waals surface area contributed by atoms with Crippen molar-refractivity contribution >= 4 is 60.5 Å². The summed E-state index contributed by atoms with van der Waals surface area (Å²) in [5.41, 5.74) is 12.8. The summed E-state index contributed by atoms with van der Waals surface area (Å²) in [5, 5.41) is 7.58. The molecular weight excluding hydrogens is 544 g/mol. The van der Waals surface area contributed by atoms with Crippen molar-refractivity contribution in [3.63, 3.8) is 0 Å². The zero-order valence-electron chi connectivity index (χ0n) is 25.3. The molecule has 0 spiro atoms. The lowest BCUT2D eigenvalue weighted by Gasteiger charge is -2.21. The van der Waals surface area contributed by atoms with Crippen molar-refractivity contribution in [1.82, 2.24) is 9.13 Å². The second kappa shape index (κ2) is 10.0. The molecule has 0 radical (unpaired) electrons. The maximum Gasteiger partial charge on any atom is 0.0841 e. The fourth-order valence-corrected chi connectivity index (χ4v) is 8.11. The Morgan fingerprint density at radius 1 is 0.644 bits per heavy atom. The van der Waals surface area contributed by atoms with Crippen molar-refractivity contribution in [2.45, 2.75) is 32.9 Å². The molecule has 1 aliphatic carbocycles. The van der Waals surface area contributed by atoms with E-state index >= 15 is 0 Å². The van der Waals surface area contributed by atoms with Gasteiger partial charge in [0.05, 0.1) is 23.1 Å². The summed E-state index contributed by atoms with van der Waals surface area (Å²) in [6, 6.07) is 40.2. The van der Waals surface area contributed by atoms with Gasteiger partial charge in [0.25, 0.3) is 0 Å². The quantitative estimate of drug-likeness (QED) is 0.184. The zero-order valence-corrected chi connectivity index (χ0v) is 25.3. The molecule has 1 aliphatic rings. The number of allylic oxidation sites excluding steroid dienone is 1. The first-order chi connectivity index (χ1) is 22.3. The maximum atomic E-state index is 6.17. The molecule has 6 aromatic carbocycles. The molecule has 0 saturated heterocycles. The van der Waals surface area contributed by atoms with E-state index in [4.69, 9.17) is 6.42 Å². The SMILES string of the molecule is C#CCn1c2ccccc2c2c(-c3cccc4c3C=CCC4)c3c(c(-c4cccc5ccccc45)c21)c1ccccc1n3CC. The third-order valence-corrected chi connectivity index (χ3v) is 9.87. The Morgan fingerprint density at radius 3 is 2.00 bits per heavy atom. The Hall–Kier alpha value is -5.52. The smallest absolute Gasteiger partial charge is 0.0841 e. The van der Waals surface area contributed by atoms with Crippen LogP contribution in [0.25, 0.3) is 82.7 Å². The van der Waals surface area contributed by atoms with Crippen LogP contribution in [0.15, 0.2) is 115 Å². The molecule has 45 heavy (non-hydrogen) atoms. The van der Waals surface area contributed by atoms with E-state index in [0.29, 0.717) is 6.54 Å². The van der Waals surface area contributed by atoms with Crippen molar-refractivity contribution in [1.29, 1.82) is 0 Å². The summed E-state index contributed by atoms with van der Waals surface area (Å²) in [7, 11) is 0. The van der Waals surface area contributed by atoms with Crippen molar-refractivity contribution in [3.8, 4) is 34.6 Å². The van der Waals surface area contributed by atoms with Crippen LogP contribution in [-0.4, -0.2) is 9.13 Å². The van der Waals surface area contributed by atoms with Crippen LogP contribution in [0.1, 0.15) is 24.5 Å². The fourth-order valence-electron chi connectivity index (χ4n) is 8.11. The Morgan fingerprint density at radius 2 is 1.24 bits per heavy atom. The molecule has 2 heterocycles. The van der Waals surface area contributed by atoms with Crippen LogP contribution >= 0.6 is 0 Å². The second-order valence-corrected chi connectivity index (χ2v) is 12.1. The molecule has 8 aromatic rings. The number of hydrogen-bond donors (Lipinski definition) is 0. The number of aromatic nitrogens is 2. The summed E-state index contributed by atoms with van der Waals surface area (Å²) < 4.78 is 4.95. The van der Waals surface area contributed by atoms with Crippen LogP contribution in [0.2, 0.25) is 0 Å². The lowest BCUT2D eigenvalue weighted by molar-refractivity contribution is 0.828. The first-order valence-electron chi connectivity index (χ1n) is 16.0. The predicted molar refractivity (Wildman–Crippen MR) is 193 cm³/mol. The van der Waals surface area contributed by atoms with Crippen LogP contribution in [0, 0.1) is 12.3 Å². The summed E-state index contributed by atoms with van der Waals surface area (Å²) >= 11 is 0. The van der Waals surface area contributed by atoms with Gasteiger partial charge in [-0.1, -0.05) is 115 Å². The van der Waals surface area contributed by atoms with E-state index in [1.165, 1.54) is 87.8 Å². The van der Waals surface area contributed by atoms with Gasteiger partial charge >= 0.3 is 0 Å². The highest BCUT2D eigenvalue weighted by molar-refractivity contribution is 6.33. The number of fused-ring (bicyclic) bond motifs is 8. The Kier molecular flexibility index (Phi) is 5.77. The number of terminal acetylenes is 1. The molecule has 2 aromatic heterocycles. The molecule has 0 N–H and O–H groups in total. The molecule has 9 rings (SSSR count). The standard InChI is InChI=1S/C43H32N2/c1-3-27-45-37-26-12-10-22-35(37)41-38(32-23-13-17-28-15-5-7-19-30(28)32)42-40(34-21-9-11-25-36(34)44(42)4-2)39(43(41)45)33-24-14-18-29-16-6-8-20-31(29)33/h1,6-14,16-26H,4-5,15,27H2,2H3. The molecule has 0 aliphatic heterocycles. The Labute approximate surface area is 262 Å². The summed E-state index contributed by atoms with van der Waals surface area (Å²) in [6.07, 6.45) is 13.0. The molecule has 0 atom stereocenters. The summed E-state index contributed by atoms with van der Waals surface area (Å²) in [5.74, 6) is 3.03. The molecular formula is C43H32N2. The maximum absolute atomic E-state index is 6.17. The molecule has 0 fully saturated rings. The predicted octanol–water partition coefficient (Wildman–Crippen LogP) is 11.0.